The maximum atomic E-state index is 11.9. The molecule has 1 aromatic carbocycles. The van der Waals surface area contributed by atoms with Gasteiger partial charge in [-0.05, 0) is 43.4 Å². The number of amidine groups is 1. The lowest BCUT2D eigenvalue weighted by Gasteiger charge is -2.37. The number of fused-ring (bicyclic) bond motifs is 3. The third kappa shape index (κ3) is 3.58. The molecular formula is C21H30N6O. The third-order valence-electron chi connectivity index (χ3n) is 5.90. The van der Waals surface area contributed by atoms with Crippen LogP contribution >= 0.6 is 0 Å². The summed E-state index contributed by atoms with van der Waals surface area (Å²) in [6.07, 6.45) is 7.31. The number of hydrazine groups is 1. The number of hydrogen-bond acceptors (Lipinski definition) is 6. The normalized spacial score (nSPS) is 25.2. The minimum Gasteiger partial charge on any atom is -0.356 e. The summed E-state index contributed by atoms with van der Waals surface area (Å²) in [4.78, 5) is 14.1. The predicted octanol–water partition coefficient (Wildman–Crippen LogP) is 2.26. The highest BCUT2D eigenvalue weighted by atomic mass is 16.1. The Bertz CT molecular complexity index is 804. The Labute approximate surface area is 166 Å². The van der Waals surface area contributed by atoms with Gasteiger partial charge in [-0.2, -0.15) is 5.10 Å². The van der Waals surface area contributed by atoms with E-state index in [0.29, 0.717) is 18.9 Å². The standard InChI is InChI=1S/C21H30N6O/c1-4-9-22-20(28)8-7-19-23-24-21-18-13-17(25-27(18)11-10-26(19)21)16-6-5-14(2)15(3)12-16/h5-6,10-12,17-18,21,24-25H,4,7-9,13H2,1-3H3,(H,22,28). The van der Waals surface area contributed by atoms with Crippen LogP contribution < -0.4 is 16.2 Å². The van der Waals surface area contributed by atoms with E-state index in [1.54, 1.807) is 0 Å². The molecule has 3 heterocycles. The van der Waals surface area contributed by atoms with Crippen LogP contribution in [0, 0.1) is 13.8 Å². The Morgan fingerprint density at radius 3 is 2.93 bits per heavy atom. The third-order valence-corrected chi connectivity index (χ3v) is 5.90. The number of nitrogens with one attached hydrogen (secondary N) is 3. The molecule has 3 N–H and O–H groups in total. The predicted molar refractivity (Wildman–Crippen MR) is 110 cm³/mol. The fourth-order valence-electron chi connectivity index (χ4n) is 4.09. The SMILES string of the molecule is CCCNC(=O)CCC1=NNC2C3CC(c4ccc(C)c(C)c4)NN3C=CN12. The molecule has 0 saturated carbocycles. The number of rotatable bonds is 6. The number of nitrogens with zero attached hydrogens (tertiary/aromatic N) is 3. The van der Waals surface area contributed by atoms with Crippen LogP contribution in [0.4, 0.5) is 0 Å². The Hall–Kier alpha value is -2.54. The van der Waals surface area contributed by atoms with Gasteiger partial charge in [-0.1, -0.05) is 25.1 Å². The van der Waals surface area contributed by atoms with E-state index in [0.717, 1.165) is 25.2 Å². The van der Waals surface area contributed by atoms with E-state index in [-0.39, 0.29) is 18.1 Å². The second kappa shape index (κ2) is 7.83. The summed E-state index contributed by atoms with van der Waals surface area (Å²) in [5, 5.41) is 9.65. The number of aryl methyl sites for hydroxylation is 2. The number of carbonyl (C=O) groups excluding carboxylic acids is 1. The summed E-state index contributed by atoms with van der Waals surface area (Å²) >= 11 is 0. The number of amides is 1. The molecule has 0 spiro atoms. The van der Waals surface area contributed by atoms with Crippen molar-refractivity contribution in [3.05, 3.63) is 47.3 Å². The Balaban J connectivity index is 1.38. The zero-order chi connectivity index (χ0) is 19.7. The van der Waals surface area contributed by atoms with Gasteiger partial charge in [0.05, 0.1) is 12.1 Å². The van der Waals surface area contributed by atoms with Crippen LogP contribution in [0.15, 0.2) is 35.7 Å². The number of carbonyl (C=O) groups is 1. The summed E-state index contributed by atoms with van der Waals surface area (Å²) in [5.41, 5.74) is 10.9. The molecule has 3 atom stereocenters. The molecule has 0 radical (unpaired) electrons. The molecule has 3 aliphatic rings. The molecule has 28 heavy (non-hydrogen) atoms. The largest absolute Gasteiger partial charge is 0.356 e. The molecule has 3 unspecified atom stereocenters. The Morgan fingerprint density at radius 2 is 2.14 bits per heavy atom. The van der Waals surface area contributed by atoms with Gasteiger partial charge in [0.25, 0.3) is 0 Å². The zero-order valence-corrected chi connectivity index (χ0v) is 16.9. The maximum Gasteiger partial charge on any atom is 0.220 e. The summed E-state index contributed by atoms with van der Waals surface area (Å²) in [6, 6.07) is 7.28. The van der Waals surface area contributed by atoms with E-state index in [1.807, 2.05) is 0 Å². The first-order valence-corrected chi connectivity index (χ1v) is 10.2. The molecule has 4 rings (SSSR count). The van der Waals surface area contributed by atoms with E-state index < -0.39 is 0 Å². The molecule has 3 aliphatic heterocycles. The molecule has 0 aliphatic carbocycles. The average molecular weight is 383 g/mol. The van der Waals surface area contributed by atoms with Crippen LogP contribution in [0.5, 0.6) is 0 Å². The minimum atomic E-state index is 0.0907. The van der Waals surface area contributed by atoms with Crippen molar-refractivity contribution in [2.24, 2.45) is 5.10 Å². The van der Waals surface area contributed by atoms with Gasteiger partial charge in [-0.15, -0.1) is 0 Å². The minimum absolute atomic E-state index is 0.0907. The number of hydrogen-bond donors (Lipinski definition) is 3. The van der Waals surface area contributed by atoms with Crippen LogP contribution in [0.2, 0.25) is 0 Å². The lowest BCUT2D eigenvalue weighted by molar-refractivity contribution is -0.120. The molecule has 1 fully saturated rings. The van der Waals surface area contributed by atoms with Crippen molar-refractivity contribution < 1.29 is 4.79 Å². The molecule has 0 aromatic heterocycles. The molecule has 150 valence electrons. The van der Waals surface area contributed by atoms with Gasteiger partial charge in [0.1, 0.15) is 12.0 Å². The molecular weight excluding hydrogens is 352 g/mol. The molecule has 1 aromatic rings. The quantitative estimate of drug-likeness (QED) is 0.704. The van der Waals surface area contributed by atoms with Gasteiger partial charge >= 0.3 is 0 Å². The van der Waals surface area contributed by atoms with Crippen LogP contribution in [0.1, 0.15) is 55.3 Å². The molecule has 7 heteroatoms. The summed E-state index contributed by atoms with van der Waals surface area (Å²) in [6.45, 7) is 7.10. The van der Waals surface area contributed by atoms with Crippen LogP contribution in [0.3, 0.4) is 0 Å². The van der Waals surface area contributed by atoms with Crippen molar-refractivity contribution in [2.75, 3.05) is 6.54 Å². The van der Waals surface area contributed by atoms with Gasteiger partial charge in [-0.3, -0.25) is 10.2 Å². The lowest BCUT2D eigenvalue weighted by Crippen LogP contribution is -2.54. The van der Waals surface area contributed by atoms with E-state index >= 15 is 0 Å². The van der Waals surface area contributed by atoms with Gasteiger partial charge < -0.3 is 15.2 Å². The van der Waals surface area contributed by atoms with E-state index in [2.05, 4.69) is 82.5 Å². The van der Waals surface area contributed by atoms with E-state index in [1.165, 1.54) is 16.7 Å². The summed E-state index contributed by atoms with van der Waals surface area (Å²) in [5.74, 6) is 1.02. The van der Waals surface area contributed by atoms with Crippen molar-refractivity contribution in [1.82, 2.24) is 26.1 Å². The highest BCUT2D eigenvalue weighted by molar-refractivity contribution is 5.89. The Kier molecular flexibility index (Phi) is 5.26. The topological polar surface area (TPSA) is 72.0 Å². The fourth-order valence-corrected chi connectivity index (χ4v) is 4.09. The second-order valence-electron chi connectivity index (χ2n) is 7.89. The monoisotopic (exact) mass is 382 g/mol. The summed E-state index contributed by atoms with van der Waals surface area (Å²) in [7, 11) is 0. The molecule has 1 amide bonds. The second-order valence-corrected chi connectivity index (χ2v) is 7.89. The van der Waals surface area contributed by atoms with Gasteiger partial charge in [0.2, 0.25) is 5.91 Å². The zero-order valence-electron chi connectivity index (χ0n) is 16.9. The van der Waals surface area contributed by atoms with Crippen molar-refractivity contribution in [1.29, 1.82) is 0 Å². The molecule has 1 saturated heterocycles. The lowest BCUT2D eigenvalue weighted by atomic mass is 9.97. The molecule has 0 bridgehead atoms. The van der Waals surface area contributed by atoms with Gasteiger partial charge in [-0.25, -0.2) is 5.43 Å². The first-order chi connectivity index (χ1) is 13.6. The van der Waals surface area contributed by atoms with Crippen LogP contribution in [0.25, 0.3) is 0 Å². The van der Waals surface area contributed by atoms with Crippen molar-refractivity contribution in [2.45, 2.75) is 64.7 Å². The van der Waals surface area contributed by atoms with Crippen molar-refractivity contribution >= 4 is 11.7 Å². The van der Waals surface area contributed by atoms with Gasteiger partial charge in [0.15, 0.2) is 0 Å². The van der Waals surface area contributed by atoms with Crippen molar-refractivity contribution in [3.63, 3.8) is 0 Å². The average Bonchev–Trinajstić information content (AvgIpc) is 3.30. The smallest absolute Gasteiger partial charge is 0.220 e. The number of benzene rings is 1. The van der Waals surface area contributed by atoms with Crippen LogP contribution in [-0.4, -0.2) is 40.4 Å². The van der Waals surface area contributed by atoms with E-state index in [4.69, 9.17) is 0 Å². The number of hydrazone groups is 1. The fraction of sp³-hybridized carbons (Fsp3) is 0.524. The van der Waals surface area contributed by atoms with Crippen LogP contribution in [-0.2, 0) is 4.79 Å². The Morgan fingerprint density at radius 1 is 1.29 bits per heavy atom. The maximum absolute atomic E-state index is 11.9. The van der Waals surface area contributed by atoms with E-state index in [9.17, 15) is 4.79 Å². The summed E-state index contributed by atoms with van der Waals surface area (Å²) < 4.78 is 0. The molecule has 7 nitrogen and oxygen atoms in total. The first-order valence-electron chi connectivity index (χ1n) is 10.2. The van der Waals surface area contributed by atoms with Gasteiger partial charge in [0, 0.05) is 31.8 Å². The highest BCUT2D eigenvalue weighted by Crippen LogP contribution is 2.34. The first kappa shape index (κ1) is 18.8. The highest BCUT2D eigenvalue weighted by Gasteiger charge is 2.44. The van der Waals surface area contributed by atoms with Crippen molar-refractivity contribution in [3.8, 4) is 0 Å².